The van der Waals surface area contributed by atoms with E-state index in [1.54, 1.807) is 24.8 Å². The van der Waals surface area contributed by atoms with Crippen molar-refractivity contribution >= 4 is 46.3 Å². The van der Waals surface area contributed by atoms with Crippen LogP contribution in [0.1, 0.15) is 44.2 Å². The van der Waals surface area contributed by atoms with Crippen LogP contribution in [0, 0.1) is 11.3 Å². The Morgan fingerprint density at radius 1 is 1.02 bits per heavy atom. The van der Waals surface area contributed by atoms with Gasteiger partial charge in [0.2, 0.25) is 0 Å². The van der Waals surface area contributed by atoms with E-state index >= 15 is 0 Å². The number of anilines is 3. The number of alkyl halides is 3. The maximum absolute atomic E-state index is 13.6. The van der Waals surface area contributed by atoms with Gasteiger partial charge in [-0.05, 0) is 87.9 Å². The van der Waals surface area contributed by atoms with E-state index in [2.05, 4.69) is 9.80 Å². The molecule has 1 amide bonds. The minimum atomic E-state index is -4.76. The summed E-state index contributed by atoms with van der Waals surface area (Å²) in [6, 6.07) is 12.3. The highest BCUT2D eigenvalue weighted by Crippen LogP contribution is 2.40. The smallest absolute Gasteiger partial charge is 0.417 e. The van der Waals surface area contributed by atoms with Gasteiger partial charge in [-0.2, -0.15) is 18.4 Å². The number of rotatable bonds is 8. The number of nitriles is 1. The molecule has 212 valence electrons. The zero-order valence-corrected chi connectivity index (χ0v) is 23.1. The van der Waals surface area contributed by atoms with E-state index in [-0.39, 0.29) is 17.2 Å². The molecule has 2 fully saturated rings. The first-order valence-electron chi connectivity index (χ1n) is 12.9. The third kappa shape index (κ3) is 5.90. The molecule has 2 aromatic carbocycles. The summed E-state index contributed by atoms with van der Waals surface area (Å²) in [5, 5.41) is 17.9. The van der Waals surface area contributed by atoms with Gasteiger partial charge in [0.1, 0.15) is 5.54 Å². The Balaban J connectivity index is 1.47. The Morgan fingerprint density at radius 3 is 2.20 bits per heavy atom. The average Bonchev–Trinajstić information content (AvgIpc) is 3.09. The van der Waals surface area contributed by atoms with Gasteiger partial charge in [-0.15, -0.1) is 0 Å². The van der Waals surface area contributed by atoms with Crippen molar-refractivity contribution in [1.29, 1.82) is 5.26 Å². The van der Waals surface area contributed by atoms with E-state index in [1.807, 2.05) is 24.3 Å². The molecule has 4 rings (SSSR count). The first-order chi connectivity index (χ1) is 18.8. The van der Waals surface area contributed by atoms with Crippen LogP contribution in [0.25, 0.3) is 0 Å². The predicted molar refractivity (Wildman–Crippen MR) is 149 cm³/mol. The molecule has 12 heteroatoms. The van der Waals surface area contributed by atoms with Crippen LogP contribution < -0.4 is 14.7 Å². The van der Waals surface area contributed by atoms with Gasteiger partial charge in [0.15, 0.2) is 5.11 Å². The molecule has 2 aliphatic heterocycles. The minimum absolute atomic E-state index is 0.0469. The summed E-state index contributed by atoms with van der Waals surface area (Å²) in [5.41, 5.74) is -1.21. The quantitative estimate of drug-likeness (QED) is 0.354. The van der Waals surface area contributed by atoms with Crippen LogP contribution in [-0.2, 0) is 15.8 Å². The third-order valence-corrected chi connectivity index (χ3v) is 7.68. The zero-order valence-electron chi connectivity index (χ0n) is 22.2. The molecule has 0 spiro atoms. The van der Waals surface area contributed by atoms with Crippen LogP contribution in [0.3, 0.4) is 0 Å². The van der Waals surface area contributed by atoms with Crippen molar-refractivity contribution < 1.29 is 27.9 Å². The average molecular weight is 574 g/mol. The maximum atomic E-state index is 13.6. The summed E-state index contributed by atoms with van der Waals surface area (Å²) in [6.07, 6.45) is -3.06. The topological polar surface area (TPSA) is 91.1 Å². The second-order valence-corrected chi connectivity index (χ2v) is 10.7. The number of halogens is 3. The van der Waals surface area contributed by atoms with Crippen LogP contribution in [-0.4, -0.2) is 65.3 Å². The summed E-state index contributed by atoms with van der Waals surface area (Å²) < 4.78 is 40.7. The van der Waals surface area contributed by atoms with Crippen LogP contribution in [0.4, 0.5) is 30.2 Å². The van der Waals surface area contributed by atoms with Gasteiger partial charge < -0.3 is 14.9 Å². The number of amides is 1. The molecule has 2 heterocycles. The standard InChI is InChI=1S/C28H30F3N5O3S/c1-27(2)25(39)35(22-7-6-19(18-32)23(17-22)28(29,30)31)26(40)36(27)21-10-8-20(9-11-21)34-15-13-33(14-16-34)12-4-3-5-24(37)38/h6-11,17H,3-5,12-16H2,1-2H3,(H,37,38). The Labute approximate surface area is 236 Å². The largest absolute Gasteiger partial charge is 0.481 e. The van der Waals surface area contributed by atoms with Gasteiger partial charge in [-0.1, -0.05) is 0 Å². The third-order valence-electron chi connectivity index (χ3n) is 7.32. The van der Waals surface area contributed by atoms with E-state index in [9.17, 15) is 22.8 Å². The number of benzene rings is 2. The van der Waals surface area contributed by atoms with Crippen LogP contribution in [0.5, 0.6) is 0 Å². The Morgan fingerprint density at radius 2 is 1.62 bits per heavy atom. The summed E-state index contributed by atoms with van der Waals surface area (Å²) in [5.74, 6) is -1.24. The van der Waals surface area contributed by atoms with Crippen molar-refractivity contribution in [2.75, 3.05) is 47.4 Å². The molecule has 2 saturated heterocycles. The number of carboxylic acid groups (broad SMARTS) is 1. The molecule has 0 aromatic heterocycles. The van der Waals surface area contributed by atoms with E-state index in [4.69, 9.17) is 22.6 Å². The number of aliphatic carboxylic acids is 1. The van der Waals surface area contributed by atoms with Gasteiger partial charge in [-0.25, -0.2) is 0 Å². The van der Waals surface area contributed by atoms with Gasteiger partial charge in [0, 0.05) is 44.0 Å². The maximum Gasteiger partial charge on any atom is 0.417 e. The fraction of sp³-hybridized carbons (Fsp3) is 0.429. The molecule has 0 bridgehead atoms. The number of carbonyl (C=O) groups excluding carboxylic acids is 1. The van der Waals surface area contributed by atoms with Crippen LogP contribution >= 0.6 is 12.2 Å². The molecule has 0 atom stereocenters. The van der Waals surface area contributed by atoms with Crippen molar-refractivity contribution in [3.05, 3.63) is 53.6 Å². The lowest BCUT2D eigenvalue weighted by Crippen LogP contribution is -2.46. The van der Waals surface area contributed by atoms with E-state index < -0.39 is 34.7 Å². The first-order valence-corrected chi connectivity index (χ1v) is 13.3. The van der Waals surface area contributed by atoms with Crippen LogP contribution in [0.15, 0.2) is 42.5 Å². The predicted octanol–water partition coefficient (Wildman–Crippen LogP) is 4.87. The van der Waals surface area contributed by atoms with Gasteiger partial charge >= 0.3 is 12.1 Å². The zero-order chi connectivity index (χ0) is 29.2. The summed E-state index contributed by atoms with van der Waals surface area (Å²) in [7, 11) is 0. The lowest BCUT2D eigenvalue weighted by molar-refractivity contribution is -0.138. The molecule has 0 unspecified atom stereocenters. The summed E-state index contributed by atoms with van der Waals surface area (Å²) in [4.78, 5) is 31.4. The fourth-order valence-corrected chi connectivity index (χ4v) is 5.64. The molecule has 2 aliphatic rings. The van der Waals surface area contributed by atoms with Crippen molar-refractivity contribution in [3.63, 3.8) is 0 Å². The SMILES string of the molecule is CC1(C)C(=O)N(c2ccc(C#N)c(C(F)(F)F)c2)C(=S)N1c1ccc(N2CCN(CCCCC(=O)O)CC2)cc1. The molecule has 0 saturated carbocycles. The molecule has 2 aromatic rings. The summed E-state index contributed by atoms with van der Waals surface area (Å²) >= 11 is 5.61. The first kappa shape index (κ1) is 29.3. The monoisotopic (exact) mass is 573 g/mol. The molecular formula is C28H30F3N5O3S. The number of carboxylic acids is 1. The van der Waals surface area contributed by atoms with E-state index in [0.717, 1.165) is 61.9 Å². The minimum Gasteiger partial charge on any atom is -0.481 e. The van der Waals surface area contributed by atoms with E-state index in [1.165, 1.54) is 6.07 Å². The number of hydrogen-bond acceptors (Lipinski definition) is 6. The number of thiocarbonyl (C=S) groups is 1. The van der Waals surface area contributed by atoms with Gasteiger partial charge in [0.05, 0.1) is 22.9 Å². The molecule has 1 N–H and O–H groups in total. The highest BCUT2D eigenvalue weighted by atomic mass is 32.1. The number of hydrogen-bond donors (Lipinski definition) is 1. The van der Waals surface area contributed by atoms with Crippen molar-refractivity contribution in [2.45, 2.75) is 44.8 Å². The normalized spacial score (nSPS) is 17.9. The van der Waals surface area contributed by atoms with Gasteiger partial charge in [0.25, 0.3) is 5.91 Å². The van der Waals surface area contributed by atoms with Crippen molar-refractivity contribution in [2.24, 2.45) is 0 Å². The fourth-order valence-electron chi connectivity index (χ4n) is 5.11. The highest BCUT2D eigenvalue weighted by Gasteiger charge is 2.50. The number of nitrogens with zero attached hydrogens (tertiary/aromatic N) is 5. The summed E-state index contributed by atoms with van der Waals surface area (Å²) in [6.45, 7) is 7.57. The number of unbranched alkanes of at least 4 members (excludes halogenated alkanes) is 1. The second kappa shape index (κ2) is 11.4. The Hall–Kier alpha value is -3.69. The molecule has 40 heavy (non-hydrogen) atoms. The molecular weight excluding hydrogens is 543 g/mol. The van der Waals surface area contributed by atoms with Gasteiger partial charge in [-0.3, -0.25) is 19.4 Å². The molecule has 0 radical (unpaired) electrons. The highest BCUT2D eigenvalue weighted by molar-refractivity contribution is 7.81. The molecule has 0 aliphatic carbocycles. The number of carbonyl (C=O) groups is 2. The lowest BCUT2D eigenvalue weighted by atomic mass is 10.0. The number of piperazine rings is 1. The Bertz CT molecular complexity index is 1330. The van der Waals surface area contributed by atoms with Crippen LogP contribution in [0.2, 0.25) is 0 Å². The van der Waals surface area contributed by atoms with E-state index in [0.29, 0.717) is 12.1 Å². The molecule has 8 nitrogen and oxygen atoms in total. The van der Waals surface area contributed by atoms with Crippen molar-refractivity contribution in [3.8, 4) is 6.07 Å². The Kier molecular flexibility index (Phi) is 8.37. The second-order valence-electron chi connectivity index (χ2n) is 10.4. The van der Waals surface area contributed by atoms with Crippen molar-refractivity contribution in [1.82, 2.24) is 4.90 Å². The lowest BCUT2D eigenvalue weighted by Gasteiger charge is -2.36.